The van der Waals surface area contributed by atoms with Crippen molar-refractivity contribution in [2.24, 2.45) is 0 Å². The second-order valence-corrected chi connectivity index (χ2v) is 6.50. The zero-order valence-corrected chi connectivity index (χ0v) is 13.1. The highest BCUT2D eigenvalue weighted by Gasteiger charge is 2.45. The Hall–Kier alpha value is -1.38. The minimum Gasteiger partial charge on any atom is -0.480 e. The van der Waals surface area contributed by atoms with Crippen LogP contribution in [0.15, 0.2) is 0 Å². The van der Waals surface area contributed by atoms with Gasteiger partial charge in [0, 0.05) is 25.9 Å². The number of carbonyl (C=O) groups is 2. The van der Waals surface area contributed by atoms with Gasteiger partial charge in [0.1, 0.15) is 12.1 Å². The lowest BCUT2D eigenvalue weighted by Gasteiger charge is -2.34. The highest BCUT2D eigenvalue weighted by Crippen LogP contribution is 2.33. The lowest BCUT2D eigenvalue weighted by molar-refractivity contribution is -0.210. The smallest absolute Gasteiger partial charge is 0.410 e. The molecule has 8 nitrogen and oxygen atoms in total. The molecule has 1 amide bonds. The molecule has 3 rings (SSSR count). The molecule has 1 unspecified atom stereocenters. The maximum absolute atomic E-state index is 12.1. The molecule has 2 aliphatic heterocycles. The fraction of sp³-hybridized carbons (Fsp3) is 0.867. The fourth-order valence-corrected chi connectivity index (χ4v) is 3.55. The van der Waals surface area contributed by atoms with E-state index in [2.05, 4.69) is 10.6 Å². The summed E-state index contributed by atoms with van der Waals surface area (Å²) in [6, 6.07) is 0. The molecule has 23 heavy (non-hydrogen) atoms. The molecule has 0 radical (unpaired) electrons. The molecular weight excluding hydrogens is 304 g/mol. The van der Waals surface area contributed by atoms with E-state index in [-0.39, 0.29) is 6.61 Å². The summed E-state index contributed by atoms with van der Waals surface area (Å²) in [5.41, 5.74) is -1.22. The normalized spacial score (nSPS) is 29.1. The van der Waals surface area contributed by atoms with Crippen molar-refractivity contribution in [3.05, 3.63) is 0 Å². The van der Waals surface area contributed by atoms with Crippen molar-refractivity contribution in [2.45, 2.75) is 62.6 Å². The van der Waals surface area contributed by atoms with Gasteiger partial charge in [0.15, 0.2) is 5.79 Å². The number of alkyl carbamates (subject to hydrolysis) is 1. The Morgan fingerprint density at radius 1 is 1.13 bits per heavy atom. The minimum absolute atomic E-state index is 0.174. The number of carboxylic acids is 1. The first-order valence-electron chi connectivity index (χ1n) is 8.28. The van der Waals surface area contributed by atoms with Crippen molar-refractivity contribution < 1.29 is 28.9 Å². The Morgan fingerprint density at radius 2 is 1.83 bits per heavy atom. The maximum Gasteiger partial charge on any atom is 0.410 e. The van der Waals surface area contributed by atoms with Crippen LogP contribution in [-0.4, -0.2) is 54.5 Å². The van der Waals surface area contributed by atoms with Gasteiger partial charge in [0.25, 0.3) is 0 Å². The monoisotopic (exact) mass is 328 g/mol. The lowest BCUT2D eigenvalue weighted by atomic mass is 9.82. The summed E-state index contributed by atoms with van der Waals surface area (Å²) < 4.78 is 16.7. The van der Waals surface area contributed by atoms with Crippen molar-refractivity contribution >= 4 is 12.1 Å². The summed E-state index contributed by atoms with van der Waals surface area (Å²) in [7, 11) is 0. The Morgan fingerprint density at radius 3 is 2.48 bits per heavy atom. The summed E-state index contributed by atoms with van der Waals surface area (Å²) in [6.07, 6.45) is 3.27. The molecule has 2 heterocycles. The zero-order valence-electron chi connectivity index (χ0n) is 13.1. The number of rotatable bonds is 3. The number of piperidine rings is 1. The minimum atomic E-state index is -1.22. The SMILES string of the molecule is O=C(NC1(C(=O)O)CCCCC1)OC1COC2(CCNCC2)O1. The highest BCUT2D eigenvalue weighted by atomic mass is 16.8. The first-order chi connectivity index (χ1) is 11.0. The summed E-state index contributed by atoms with van der Waals surface area (Å²) in [6.45, 7) is 1.76. The number of carboxylic acid groups (broad SMARTS) is 1. The van der Waals surface area contributed by atoms with E-state index in [1.165, 1.54) is 0 Å². The number of carbonyl (C=O) groups excluding carboxylic acids is 1. The third-order valence-corrected chi connectivity index (χ3v) is 4.89. The van der Waals surface area contributed by atoms with Gasteiger partial charge in [0.2, 0.25) is 6.29 Å². The Labute approximate surface area is 134 Å². The average molecular weight is 328 g/mol. The molecule has 0 aromatic heterocycles. The van der Waals surface area contributed by atoms with Crippen molar-refractivity contribution in [1.29, 1.82) is 0 Å². The third kappa shape index (κ3) is 3.59. The van der Waals surface area contributed by atoms with Gasteiger partial charge in [-0.25, -0.2) is 9.59 Å². The number of hydrogen-bond acceptors (Lipinski definition) is 6. The topological polar surface area (TPSA) is 106 Å². The van der Waals surface area contributed by atoms with E-state index in [0.717, 1.165) is 32.4 Å². The van der Waals surface area contributed by atoms with Gasteiger partial charge in [-0.1, -0.05) is 19.3 Å². The van der Waals surface area contributed by atoms with Crippen LogP contribution in [0.25, 0.3) is 0 Å². The van der Waals surface area contributed by atoms with E-state index in [1.807, 2.05) is 0 Å². The van der Waals surface area contributed by atoms with Crippen LogP contribution < -0.4 is 10.6 Å². The molecule has 0 aromatic rings. The molecule has 130 valence electrons. The van der Waals surface area contributed by atoms with Crippen molar-refractivity contribution in [2.75, 3.05) is 19.7 Å². The van der Waals surface area contributed by atoms with E-state index in [0.29, 0.717) is 25.7 Å². The number of ether oxygens (including phenoxy) is 3. The van der Waals surface area contributed by atoms with Crippen LogP contribution in [0, 0.1) is 0 Å². The van der Waals surface area contributed by atoms with Crippen molar-refractivity contribution in [3.63, 3.8) is 0 Å². The van der Waals surface area contributed by atoms with Gasteiger partial charge in [-0.3, -0.25) is 0 Å². The van der Waals surface area contributed by atoms with Gasteiger partial charge in [-0.05, 0) is 12.8 Å². The number of aliphatic carboxylic acids is 1. The first kappa shape index (κ1) is 16.5. The summed E-state index contributed by atoms with van der Waals surface area (Å²) >= 11 is 0. The van der Waals surface area contributed by atoms with Crippen LogP contribution >= 0.6 is 0 Å². The highest BCUT2D eigenvalue weighted by molar-refractivity contribution is 5.84. The second kappa shape index (κ2) is 6.62. The van der Waals surface area contributed by atoms with Crippen LogP contribution in [-0.2, 0) is 19.0 Å². The molecule has 0 aromatic carbocycles. The summed E-state index contributed by atoms with van der Waals surface area (Å²) in [4.78, 5) is 23.7. The molecule has 3 aliphatic rings. The van der Waals surface area contributed by atoms with Crippen LogP contribution in [0.2, 0.25) is 0 Å². The van der Waals surface area contributed by atoms with Crippen LogP contribution in [0.4, 0.5) is 4.79 Å². The predicted octanol–water partition coefficient (Wildman–Crippen LogP) is 0.953. The average Bonchev–Trinajstić information content (AvgIpc) is 2.90. The Kier molecular flexibility index (Phi) is 4.74. The third-order valence-electron chi connectivity index (χ3n) is 4.89. The molecule has 2 saturated heterocycles. The molecule has 1 saturated carbocycles. The standard InChI is InChI=1S/C15H24N2O6/c18-12(19)14(4-2-1-3-5-14)17-13(20)22-11-10-21-15(23-11)6-8-16-9-7-15/h11,16H,1-10H2,(H,17,20)(H,18,19). The number of nitrogens with one attached hydrogen (secondary N) is 2. The molecule has 1 aliphatic carbocycles. The summed E-state index contributed by atoms with van der Waals surface area (Å²) in [5.74, 6) is -1.68. The van der Waals surface area contributed by atoms with Crippen molar-refractivity contribution in [3.8, 4) is 0 Å². The van der Waals surface area contributed by atoms with Crippen molar-refractivity contribution in [1.82, 2.24) is 10.6 Å². The molecule has 3 fully saturated rings. The number of amides is 1. The van der Waals surface area contributed by atoms with E-state index in [4.69, 9.17) is 14.2 Å². The van der Waals surface area contributed by atoms with Gasteiger partial charge < -0.3 is 30.0 Å². The zero-order chi connectivity index (χ0) is 16.3. The maximum atomic E-state index is 12.1. The summed E-state index contributed by atoms with van der Waals surface area (Å²) in [5, 5.41) is 15.2. The largest absolute Gasteiger partial charge is 0.480 e. The van der Waals surface area contributed by atoms with E-state index < -0.39 is 29.7 Å². The van der Waals surface area contributed by atoms with Crippen LogP contribution in [0.5, 0.6) is 0 Å². The molecular formula is C15H24N2O6. The molecule has 3 N–H and O–H groups in total. The first-order valence-corrected chi connectivity index (χ1v) is 8.28. The van der Waals surface area contributed by atoms with E-state index >= 15 is 0 Å². The predicted molar refractivity (Wildman–Crippen MR) is 78.7 cm³/mol. The van der Waals surface area contributed by atoms with Gasteiger partial charge in [0.05, 0.1) is 0 Å². The Balaban J connectivity index is 1.54. The van der Waals surface area contributed by atoms with E-state index in [9.17, 15) is 14.7 Å². The fourth-order valence-electron chi connectivity index (χ4n) is 3.55. The van der Waals surface area contributed by atoms with E-state index in [1.54, 1.807) is 0 Å². The van der Waals surface area contributed by atoms with Gasteiger partial charge in [-0.15, -0.1) is 0 Å². The van der Waals surface area contributed by atoms with Gasteiger partial charge in [-0.2, -0.15) is 0 Å². The van der Waals surface area contributed by atoms with Gasteiger partial charge >= 0.3 is 12.1 Å². The quantitative estimate of drug-likeness (QED) is 0.708. The molecule has 0 bridgehead atoms. The molecule has 8 heteroatoms. The second-order valence-electron chi connectivity index (χ2n) is 6.50. The molecule has 1 spiro atoms. The van der Waals surface area contributed by atoms with Crippen LogP contribution in [0.1, 0.15) is 44.9 Å². The lowest BCUT2D eigenvalue weighted by Crippen LogP contribution is -2.56. The molecule has 1 atom stereocenters. The Bertz CT molecular complexity index is 457. The number of hydrogen-bond donors (Lipinski definition) is 3. The van der Waals surface area contributed by atoms with Crippen LogP contribution in [0.3, 0.4) is 0 Å².